The van der Waals surface area contributed by atoms with Gasteiger partial charge in [0.25, 0.3) is 0 Å². The lowest BCUT2D eigenvalue weighted by Gasteiger charge is -1.96. The van der Waals surface area contributed by atoms with Crippen molar-refractivity contribution < 1.29 is 0 Å². The van der Waals surface area contributed by atoms with Gasteiger partial charge in [-0.3, -0.25) is 0 Å². The normalized spacial score (nSPS) is 13.4. The van der Waals surface area contributed by atoms with Gasteiger partial charge in [0.15, 0.2) is 0 Å². The van der Waals surface area contributed by atoms with E-state index < -0.39 is 0 Å². The Morgan fingerprint density at radius 2 is 2.00 bits per heavy atom. The second-order valence-corrected chi connectivity index (χ2v) is 3.39. The third-order valence-corrected chi connectivity index (χ3v) is 1.51. The van der Waals surface area contributed by atoms with E-state index in [0.29, 0.717) is 0 Å². The highest BCUT2D eigenvalue weighted by molar-refractivity contribution is 5.15. The Bertz CT molecular complexity index is 138. The molecule has 0 heterocycles. The Morgan fingerprint density at radius 3 is 2.45 bits per heavy atom. The van der Waals surface area contributed by atoms with Crippen LogP contribution in [-0.4, -0.2) is 0 Å². The highest BCUT2D eigenvalue weighted by Gasteiger charge is 1.86. The molecular weight excluding hydrogens is 132 g/mol. The molecule has 0 rings (SSSR count). The van der Waals surface area contributed by atoms with Gasteiger partial charge in [-0.25, -0.2) is 0 Å². The topological polar surface area (TPSA) is 0 Å². The van der Waals surface area contributed by atoms with Crippen LogP contribution in [0.3, 0.4) is 0 Å². The predicted octanol–water partition coefficient (Wildman–Crippen LogP) is 3.95. The molecule has 0 fully saturated rings. The molecule has 0 atom stereocenters. The smallest absolute Gasteiger partial charge is 0.0324 e. The van der Waals surface area contributed by atoms with E-state index in [9.17, 15) is 0 Å². The summed E-state index contributed by atoms with van der Waals surface area (Å²) in [6.07, 6.45) is 9.04. The first-order valence-corrected chi connectivity index (χ1v) is 4.50. The summed E-state index contributed by atoms with van der Waals surface area (Å²) in [7, 11) is 0. The molecule has 64 valence electrons. The average molecular weight is 152 g/mol. The van der Waals surface area contributed by atoms with Gasteiger partial charge < -0.3 is 0 Å². The van der Waals surface area contributed by atoms with Crippen molar-refractivity contribution in [3.05, 3.63) is 23.8 Å². The largest absolute Gasteiger partial charge is 0.0840 e. The lowest BCUT2D eigenvalue weighted by molar-refractivity contribution is 0.663. The average Bonchev–Trinajstić information content (AvgIpc) is 1.87. The van der Waals surface area contributed by atoms with E-state index in [0.717, 1.165) is 12.3 Å². The summed E-state index contributed by atoms with van der Waals surface area (Å²) in [5, 5.41) is 0. The summed E-state index contributed by atoms with van der Waals surface area (Å²) in [4.78, 5) is 0. The minimum absolute atomic E-state index is 0.778. The maximum atomic E-state index is 2.26. The number of hydrogen-bond acceptors (Lipinski definition) is 0. The number of rotatable bonds is 4. The lowest BCUT2D eigenvalue weighted by Crippen LogP contribution is -1.81. The third-order valence-electron chi connectivity index (χ3n) is 1.51. The van der Waals surface area contributed by atoms with E-state index >= 15 is 0 Å². The Hall–Kier alpha value is -0.520. The minimum atomic E-state index is 0.778. The van der Waals surface area contributed by atoms with E-state index in [4.69, 9.17) is 0 Å². The molecule has 0 aliphatic heterocycles. The van der Waals surface area contributed by atoms with Crippen molar-refractivity contribution in [1.82, 2.24) is 0 Å². The summed E-state index contributed by atoms with van der Waals surface area (Å²) in [5.74, 6) is 0.778. The Balaban J connectivity index is 3.65. The SMILES string of the molecule is CC/C=C(C)/C=C/CC(C)C. The maximum Gasteiger partial charge on any atom is -0.0324 e. The molecule has 0 aromatic carbocycles. The Morgan fingerprint density at radius 1 is 1.36 bits per heavy atom. The lowest BCUT2D eigenvalue weighted by atomic mass is 10.1. The van der Waals surface area contributed by atoms with Crippen LogP contribution in [0.15, 0.2) is 23.8 Å². The molecule has 0 saturated carbocycles. The molecule has 0 radical (unpaired) electrons. The van der Waals surface area contributed by atoms with E-state index in [-0.39, 0.29) is 0 Å². The number of allylic oxidation sites excluding steroid dienone is 4. The van der Waals surface area contributed by atoms with Gasteiger partial charge >= 0.3 is 0 Å². The van der Waals surface area contributed by atoms with Crippen molar-refractivity contribution in [2.75, 3.05) is 0 Å². The van der Waals surface area contributed by atoms with E-state index in [1.165, 1.54) is 12.0 Å². The van der Waals surface area contributed by atoms with Crippen molar-refractivity contribution in [3.63, 3.8) is 0 Å². The molecule has 0 N–H and O–H groups in total. The van der Waals surface area contributed by atoms with E-state index in [1.54, 1.807) is 0 Å². The zero-order valence-corrected chi connectivity index (χ0v) is 8.22. The van der Waals surface area contributed by atoms with Gasteiger partial charge in [-0.05, 0) is 25.7 Å². The van der Waals surface area contributed by atoms with Gasteiger partial charge in [-0.1, -0.05) is 44.6 Å². The van der Waals surface area contributed by atoms with Gasteiger partial charge in [-0.15, -0.1) is 0 Å². The molecule has 0 nitrogen and oxygen atoms in total. The fourth-order valence-electron chi connectivity index (χ4n) is 0.916. The second-order valence-electron chi connectivity index (χ2n) is 3.39. The fraction of sp³-hybridized carbons (Fsp3) is 0.636. The standard InChI is InChI=1S/C11H20/c1-5-7-11(4)9-6-8-10(2)3/h6-7,9-10H,5,8H2,1-4H3/b9-6+,11-7+. The van der Waals surface area contributed by atoms with Crippen molar-refractivity contribution in [2.45, 2.75) is 40.5 Å². The van der Waals surface area contributed by atoms with Gasteiger partial charge in [0.1, 0.15) is 0 Å². The maximum absolute atomic E-state index is 2.26. The van der Waals surface area contributed by atoms with Crippen LogP contribution in [0.1, 0.15) is 40.5 Å². The third kappa shape index (κ3) is 7.38. The summed E-state index contributed by atoms with van der Waals surface area (Å²) in [6.45, 7) is 8.80. The zero-order chi connectivity index (χ0) is 8.69. The van der Waals surface area contributed by atoms with E-state index in [2.05, 4.69) is 45.9 Å². The molecule has 0 aromatic rings. The van der Waals surface area contributed by atoms with Crippen LogP contribution in [0.2, 0.25) is 0 Å². The summed E-state index contributed by atoms with van der Waals surface area (Å²) < 4.78 is 0. The molecule has 11 heavy (non-hydrogen) atoms. The van der Waals surface area contributed by atoms with Crippen LogP contribution in [0.25, 0.3) is 0 Å². The first kappa shape index (κ1) is 10.5. The minimum Gasteiger partial charge on any atom is -0.0840 e. The molecule has 0 aliphatic rings. The highest BCUT2D eigenvalue weighted by atomic mass is 13.9. The molecular formula is C11H20. The van der Waals surface area contributed by atoms with Gasteiger partial charge in [0.2, 0.25) is 0 Å². The van der Waals surface area contributed by atoms with Gasteiger partial charge in [-0.2, -0.15) is 0 Å². The molecule has 0 aliphatic carbocycles. The Kier molecular flexibility index (Phi) is 5.91. The fourth-order valence-corrected chi connectivity index (χ4v) is 0.916. The van der Waals surface area contributed by atoms with Gasteiger partial charge in [0.05, 0.1) is 0 Å². The Labute approximate surface area is 71.0 Å². The molecule has 0 aromatic heterocycles. The highest BCUT2D eigenvalue weighted by Crippen LogP contribution is 2.03. The second kappa shape index (κ2) is 6.21. The van der Waals surface area contributed by atoms with Crippen LogP contribution in [-0.2, 0) is 0 Å². The zero-order valence-electron chi connectivity index (χ0n) is 8.22. The van der Waals surface area contributed by atoms with Crippen molar-refractivity contribution in [2.24, 2.45) is 5.92 Å². The van der Waals surface area contributed by atoms with Gasteiger partial charge in [0, 0.05) is 0 Å². The molecule has 0 unspecified atom stereocenters. The van der Waals surface area contributed by atoms with E-state index in [1.807, 2.05) is 0 Å². The molecule has 0 spiro atoms. The van der Waals surface area contributed by atoms with Crippen molar-refractivity contribution in [1.29, 1.82) is 0 Å². The molecule has 0 amide bonds. The first-order chi connectivity index (χ1) is 5.16. The van der Waals surface area contributed by atoms with Crippen molar-refractivity contribution >= 4 is 0 Å². The van der Waals surface area contributed by atoms with Crippen molar-refractivity contribution in [3.8, 4) is 0 Å². The molecule has 0 saturated heterocycles. The summed E-state index contributed by atoms with van der Waals surface area (Å²) >= 11 is 0. The van der Waals surface area contributed by atoms with Crippen LogP contribution < -0.4 is 0 Å². The number of hydrogen-bond donors (Lipinski definition) is 0. The monoisotopic (exact) mass is 152 g/mol. The summed E-state index contributed by atoms with van der Waals surface area (Å²) in [6, 6.07) is 0. The van der Waals surface area contributed by atoms with Crippen LogP contribution in [0, 0.1) is 5.92 Å². The van der Waals surface area contributed by atoms with Crippen LogP contribution in [0.4, 0.5) is 0 Å². The van der Waals surface area contributed by atoms with Crippen LogP contribution in [0.5, 0.6) is 0 Å². The summed E-state index contributed by atoms with van der Waals surface area (Å²) in [5.41, 5.74) is 1.38. The first-order valence-electron chi connectivity index (χ1n) is 4.50. The molecule has 0 bridgehead atoms. The van der Waals surface area contributed by atoms with Crippen LogP contribution >= 0.6 is 0 Å². The predicted molar refractivity (Wildman–Crippen MR) is 52.6 cm³/mol. The quantitative estimate of drug-likeness (QED) is 0.535. The molecule has 0 heteroatoms.